The molecule has 0 aliphatic carbocycles. The number of hydrogen-bond acceptors (Lipinski definition) is 3. The molecule has 7 heteroatoms. The van der Waals surface area contributed by atoms with Crippen LogP contribution in [0.3, 0.4) is 0 Å². The van der Waals surface area contributed by atoms with Crippen molar-refractivity contribution in [2.24, 2.45) is 7.05 Å². The van der Waals surface area contributed by atoms with Gasteiger partial charge in [0.25, 0.3) is 5.91 Å². The predicted molar refractivity (Wildman–Crippen MR) is 113 cm³/mol. The molecule has 0 fully saturated rings. The molecule has 0 saturated heterocycles. The molecule has 0 spiro atoms. The Labute approximate surface area is 177 Å². The summed E-state index contributed by atoms with van der Waals surface area (Å²) in [7, 11) is 1.75. The Hall–Kier alpha value is -3.61. The van der Waals surface area contributed by atoms with Crippen molar-refractivity contribution in [1.82, 2.24) is 19.7 Å². The highest BCUT2D eigenvalue weighted by atomic mass is 19.1. The molecule has 1 amide bonds. The predicted octanol–water partition coefficient (Wildman–Crippen LogP) is 4.67. The number of carbonyl (C=O) groups is 1. The van der Waals surface area contributed by atoms with E-state index < -0.39 is 11.6 Å². The molecule has 1 unspecified atom stereocenters. The fraction of sp³-hybridized carbons (Fsp3) is 0.208. The van der Waals surface area contributed by atoms with Crippen molar-refractivity contribution < 1.29 is 13.6 Å². The molecular weight excluding hydrogens is 398 g/mol. The summed E-state index contributed by atoms with van der Waals surface area (Å²) in [5.74, 6) is -1.42. The number of carbonyl (C=O) groups excluding carboxylic acids is 1. The maximum absolute atomic E-state index is 13.8. The summed E-state index contributed by atoms with van der Waals surface area (Å²) < 4.78 is 29.2. The minimum absolute atomic E-state index is 0.159. The molecule has 0 radical (unpaired) electrons. The number of aromatic nitrogens is 3. The van der Waals surface area contributed by atoms with E-state index in [4.69, 9.17) is 0 Å². The molecule has 1 aliphatic heterocycles. The number of pyridine rings is 1. The van der Waals surface area contributed by atoms with Crippen molar-refractivity contribution in [2.75, 3.05) is 6.54 Å². The summed E-state index contributed by atoms with van der Waals surface area (Å²) in [6.45, 7) is 2.39. The van der Waals surface area contributed by atoms with Gasteiger partial charge >= 0.3 is 0 Å². The van der Waals surface area contributed by atoms with E-state index in [1.807, 2.05) is 31.2 Å². The molecule has 4 aromatic rings. The lowest BCUT2D eigenvalue weighted by Crippen LogP contribution is -2.39. The minimum Gasteiger partial charge on any atom is -0.329 e. The van der Waals surface area contributed by atoms with Crippen molar-refractivity contribution in [3.8, 4) is 11.3 Å². The molecule has 2 aromatic heterocycles. The summed E-state index contributed by atoms with van der Waals surface area (Å²) in [6, 6.07) is 12.8. The van der Waals surface area contributed by atoms with Crippen LogP contribution in [-0.2, 0) is 13.5 Å². The number of hydrogen-bond donors (Lipinski definition) is 0. The van der Waals surface area contributed by atoms with Crippen LogP contribution in [0.1, 0.15) is 34.7 Å². The average molecular weight is 418 g/mol. The summed E-state index contributed by atoms with van der Waals surface area (Å²) in [5.41, 5.74) is 3.16. The maximum Gasteiger partial charge on any atom is 0.273 e. The highest BCUT2D eigenvalue weighted by Crippen LogP contribution is 2.36. The number of fused-ring (bicyclic) bond motifs is 2. The summed E-state index contributed by atoms with van der Waals surface area (Å²) in [6.07, 6.45) is 2.25. The summed E-state index contributed by atoms with van der Waals surface area (Å²) >= 11 is 0. The Morgan fingerprint density at radius 1 is 1.06 bits per heavy atom. The normalized spacial score (nSPS) is 15.9. The molecule has 31 heavy (non-hydrogen) atoms. The first-order valence-electron chi connectivity index (χ1n) is 10.1. The summed E-state index contributed by atoms with van der Waals surface area (Å²) in [5, 5.41) is 6.54. The van der Waals surface area contributed by atoms with Crippen LogP contribution in [0, 0.1) is 11.6 Å². The van der Waals surface area contributed by atoms with Crippen LogP contribution < -0.4 is 0 Å². The fourth-order valence-electron chi connectivity index (χ4n) is 4.42. The molecule has 0 saturated carbocycles. The highest BCUT2D eigenvalue weighted by molar-refractivity contribution is 5.96. The van der Waals surface area contributed by atoms with Crippen LogP contribution in [0.4, 0.5) is 8.78 Å². The third-order valence-electron chi connectivity index (χ3n) is 5.89. The van der Waals surface area contributed by atoms with E-state index in [1.54, 1.807) is 28.9 Å². The molecule has 5 nitrogen and oxygen atoms in total. The van der Waals surface area contributed by atoms with Crippen molar-refractivity contribution in [3.63, 3.8) is 0 Å². The minimum atomic E-state index is -0.631. The van der Waals surface area contributed by atoms with Crippen molar-refractivity contribution in [3.05, 3.63) is 83.3 Å². The molecular formula is C24H20F2N4O. The van der Waals surface area contributed by atoms with Gasteiger partial charge in [-0.05, 0) is 36.9 Å². The van der Waals surface area contributed by atoms with Gasteiger partial charge in [0.15, 0.2) is 0 Å². The second kappa shape index (κ2) is 7.27. The highest BCUT2D eigenvalue weighted by Gasteiger charge is 2.34. The van der Waals surface area contributed by atoms with Crippen LogP contribution in [0.15, 0.2) is 54.7 Å². The first-order valence-corrected chi connectivity index (χ1v) is 10.1. The van der Waals surface area contributed by atoms with Crippen LogP contribution in [-0.4, -0.2) is 32.1 Å². The van der Waals surface area contributed by atoms with Crippen LogP contribution in [0.2, 0.25) is 0 Å². The topological polar surface area (TPSA) is 51.0 Å². The number of nitrogens with zero attached hydrogens (tertiary/aromatic N) is 4. The third kappa shape index (κ3) is 3.26. The van der Waals surface area contributed by atoms with E-state index in [9.17, 15) is 13.6 Å². The Kier molecular flexibility index (Phi) is 4.54. The maximum atomic E-state index is 13.8. The van der Waals surface area contributed by atoms with E-state index >= 15 is 0 Å². The lowest BCUT2D eigenvalue weighted by Gasteiger charge is -2.32. The molecule has 1 atom stereocenters. The number of amides is 1. The van der Waals surface area contributed by atoms with Gasteiger partial charge in [-0.3, -0.25) is 14.5 Å². The van der Waals surface area contributed by atoms with Crippen LogP contribution >= 0.6 is 0 Å². The third-order valence-corrected chi connectivity index (χ3v) is 5.89. The van der Waals surface area contributed by atoms with Crippen molar-refractivity contribution >= 4 is 16.7 Å². The van der Waals surface area contributed by atoms with E-state index in [1.165, 1.54) is 12.1 Å². The largest absolute Gasteiger partial charge is 0.329 e. The van der Waals surface area contributed by atoms with Gasteiger partial charge < -0.3 is 4.90 Å². The van der Waals surface area contributed by atoms with Crippen LogP contribution in [0.25, 0.3) is 22.0 Å². The number of aryl methyl sites for hydroxylation is 1. The zero-order valence-electron chi connectivity index (χ0n) is 17.1. The molecule has 1 aliphatic rings. The lowest BCUT2D eigenvalue weighted by molar-refractivity contribution is 0.0668. The lowest BCUT2D eigenvalue weighted by atomic mass is 9.95. The van der Waals surface area contributed by atoms with Gasteiger partial charge in [0.05, 0.1) is 17.4 Å². The van der Waals surface area contributed by atoms with Gasteiger partial charge in [-0.25, -0.2) is 8.78 Å². The Bertz CT molecular complexity index is 1310. The first kappa shape index (κ1) is 19.4. The Morgan fingerprint density at radius 3 is 2.52 bits per heavy atom. The number of benzene rings is 2. The van der Waals surface area contributed by atoms with E-state index in [-0.39, 0.29) is 11.9 Å². The Morgan fingerprint density at radius 2 is 1.77 bits per heavy atom. The van der Waals surface area contributed by atoms with E-state index in [2.05, 4.69) is 10.1 Å². The zero-order valence-corrected chi connectivity index (χ0v) is 17.1. The molecule has 3 heterocycles. The second-order valence-electron chi connectivity index (χ2n) is 7.84. The smallest absolute Gasteiger partial charge is 0.273 e. The molecule has 2 aromatic carbocycles. The quantitative estimate of drug-likeness (QED) is 0.475. The van der Waals surface area contributed by atoms with Gasteiger partial charge in [-0.1, -0.05) is 24.3 Å². The van der Waals surface area contributed by atoms with Gasteiger partial charge in [-0.15, -0.1) is 0 Å². The standard InChI is InChI=1S/C24H20F2N4O/c1-14-22-20(23(29(2)28-22)17-9-18(25)12-19(26)10-17)7-8-30(14)24(31)21-11-15-5-3-4-6-16(15)13-27-21/h3-6,9-14H,7-8H2,1-2H3. The second-order valence-corrected chi connectivity index (χ2v) is 7.84. The molecule has 0 N–H and O–H groups in total. The monoisotopic (exact) mass is 418 g/mol. The number of rotatable bonds is 2. The van der Waals surface area contributed by atoms with Gasteiger partial charge in [-0.2, -0.15) is 5.10 Å². The summed E-state index contributed by atoms with van der Waals surface area (Å²) in [4.78, 5) is 19.4. The molecule has 0 bridgehead atoms. The van der Waals surface area contributed by atoms with Gasteiger partial charge in [0.2, 0.25) is 0 Å². The first-order chi connectivity index (χ1) is 14.9. The van der Waals surface area contributed by atoms with E-state index in [0.29, 0.717) is 29.9 Å². The average Bonchev–Trinajstić information content (AvgIpc) is 3.09. The fourth-order valence-corrected chi connectivity index (χ4v) is 4.42. The van der Waals surface area contributed by atoms with Gasteiger partial charge in [0, 0.05) is 42.4 Å². The Balaban J connectivity index is 1.50. The van der Waals surface area contributed by atoms with E-state index in [0.717, 1.165) is 28.1 Å². The van der Waals surface area contributed by atoms with Crippen molar-refractivity contribution in [2.45, 2.75) is 19.4 Å². The molecule has 156 valence electrons. The SMILES string of the molecule is CC1c2nn(C)c(-c3cc(F)cc(F)c3)c2CCN1C(=O)c1cc2ccccc2cn1. The van der Waals surface area contributed by atoms with Crippen LogP contribution in [0.5, 0.6) is 0 Å². The molecule has 5 rings (SSSR count). The number of halogens is 2. The zero-order chi connectivity index (χ0) is 21.7. The van der Waals surface area contributed by atoms with Gasteiger partial charge in [0.1, 0.15) is 17.3 Å². The van der Waals surface area contributed by atoms with Crippen molar-refractivity contribution in [1.29, 1.82) is 0 Å².